The molecule has 0 spiro atoms. The van der Waals surface area contributed by atoms with Crippen molar-refractivity contribution in [3.63, 3.8) is 0 Å². The predicted molar refractivity (Wildman–Crippen MR) is 114 cm³/mol. The largest absolute Gasteiger partial charge is 0.379 e. The molecule has 0 saturated carbocycles. The van der Waals surface area contributed by atoms with E-state index in [1.54, 1.807) is 0 Å². The summed E-state index contributed by atoms with van der Waals surface area (Å²) in [4.78, 5) is 11.3. The van der Waals surface area contributed by atoms with Gasteiger partial charge in [-0.25, -0.2) is 0 Å². The van der Waals surface area contributed by atoms with Gasteiger partial charge < -0.3 is 15.4 Å². The first-order valence-electron chi connectivity index (χ1n) is 9.01. The summed E-state index contributed by atoms with van der Waals surface area (Å²) in [5.41, 5.74) is 2.58. The van der Waals surface area contributed by atoms with Crippen molar-refractivity contribution in [2.45, 2.75) is 26.7 Å². The molecule has 7 heteroatoms. The summed E-state index contributed by atoms with van der Waals surface area (Å²) in [5.74, 6) is 0.909. The standard InChI is InChI=1S/C18H31N5O.HI/c1-3-20-18(21-7-4-10-23-11-13-24-14-12-23)22-9-6-17-5-8-19-15-16(17)2;/h5,8,15H,3-4,6-7,9-14H2,1-2H3,(H2,20,21,22);1H. The molecule has 142 valence electrons. The summed E-state index contributed by atoms with van der Waals surface area (Å²) in [6.07, 6.45) is 5.83. The molecule has 1 aromatic heterocycles. The molecule has 1 aliphatic rings. The Morgan fingerprint density at radius 3 is 2.84 bits per heavy atom. The van der Waals surface area contributed by atoms with Gasteiger partial charge in [-0.3, -0.25) is 14.9 Å². The van der Waals surface area contributed by atoms with Crippen LogP contribution in [-0.4, -0.2) is 68.3 Å². The van der Waals surface area contributed by atoms with Gasteiger partial charge in [0.25, 0.3) is 0 Å². The Bertz CT molecular complexity index is 506. The van der Waals surface area contributed by atoms with Gasteiger partial charge in [0.15, 0.2) is 5.96 Å². The van der Waals surface area contributed by atoms with Gasteiger partial charge in [-0.2, -0.15) is 0 Å². The van der Waals surface area contributed by atoms with Crippen LogP contribution in [0, 0.1) is 6.92 Å². The topological polar surface area (TPSA) is 61.8 Å². The third kappa shape index (κ3) is 8.82. The second-order valence-electron chi connectivity index (χ2n) is 6.05. The molecule has 1 saturated heterocycles. The van der Waals surface area contributed by atoms with Crippen molar-refractivity contribution in [3.05, 3.63) is 29.6 Å². The zero-order valence-electron chi connectivity index (χ0n) is 15.5. The Morgan fingerprint density at radius 1 is 1.32 bits per heavy atom. The second kappa shape index (κ2) is 13.3. The van der Waals surface area contributed by atoms with Gasteiger partial charge in [0, 0.05) is 51.7 Å². The van der Waals surface area contributed by atoms with E-state index in [2.05, 4.69) is 45.4 Å². The summed E-state index contributed by atoms with van der Waals surface area (Å²) in [6, 6.07) is 2.09. The molecule has 0 amide bonds. The highest BCUT2D eigenvalue weighted by Gasteiger charge is 2.09. The molecule has 0 unspecified atom stereocenters. The number of rotatable bonds is 8. The van der Waals surface area contributed by atoms with E-state index in [1.807, 2.05) is 12.4 Å². The van der Waals surface area contributed by atoms with Gasteiger partial charge in [-0.15, -0.1) is 24.0 Å². The van der Waals surface area contributed by atoms with Gasteiger partial charge in [0.05, 0.1) is 13.2 Å². The Kier molecular flexibility index (Phi) is 11.8. The van der Waals surface area contributed by atoms with Crippen LogP contribution in [0.2, 0.25) is 0 Å². The third-order valence-corrected chi connectivity index (χ3v) is 4.17. The highest BCUT2D eigenvalue weighted by molar-refractivity contribution is 14.0. The van der Waals surface area contributed by atoms with Crippen molar-refractivity contribution in [1.29, 1.82) is 0 Å². The summed E-state index contributed by atoms with van der Waals surface area (Å²) in [6.45, 7) is 11.7. The molecular weight excluding hydrogens is 429 g/mol. The average molecular weight is 461 g/mol. The van der Waals surface area contributed by atoms with Crippen molar-refractivity contribution in [2.75, 3.05) is 52.5 Å². The maximum Gasteiger partial charge on any atom is 0.191 e. The Morgan fingerprint density at radius 2 is 2.12 bits per heavy atom. The fourth-order valence-electron chi connectivity index (χ4n) is 2.75. The highest BCUT2D eigenvalue weighted by Crippen LogP contribution is 2.04. The van der Waals surface area contributed by atoms with E-state index in [0.29, 0.717) is 0 Å². The van der Waals surface area contributed by atoms with Crippen LogP contribution in [0.4, 0.5) is 0 Å². The minimum absolute atomic E-state index is 0. The molecule has 1 aromatic rings. The number of aryl methyl sites for hydroxylation is 1. The number of hydrogen-bond acceptors (Lipinski definition) is 4. The highest BCUT2D eigenvalue weighted by atomic mass is 127. The van der Waals surface area contributed by atoms with Gasteiger partial charge in [-0.1, -0.05) is 0 Å². The van der Waals surface area contributed by atoms with E-state index in [9.17, 15) is 0 Å². The molecule has 0 aliphatic carbocycles. The number of ether oxygens (including phenoxy) is 1. The number of aliphatic imine (C=N–C) groups is 1. The number of pyridine rings is 1. The summed E-state index contributed by atoms with van der Waals surface area (Å²) >= 11 is 0. The lowest BCUT2D eigenvalue weighted by Gasteiger charge is -2.26. The molecule has 2 N–H and O–H groups in total. The van der Waals surface area contributed by atoms with Crippen LogP contribution in [0.15, 0.2) is 23.5 Å². The molecule has 2 heterocycles. The van der Waals surface area contributed by atoms with Crippen LogP contribution in [0.5, 0.6) is 0 Å². The van der Waals surface area contributed by atoms with Crippen LogP contribution in [-0.2, 0) is 11.2 Å². The maximum atomic E-state index is 5.37. The van der Waals surface area contributed by atoms with Gasteiger partial charge in [-0.05, 0) is 43.9 Å². The summed E-state index contributed by atoms with van der Waals surface area (Å²) in [5, 5.41) is 6.73. The lowest BCUT2D eigenvalue weighted by molar-refractivity contribution is 0.0377. The quantitative estimate of drug-likeness (QED) is 0.268. The second-order valence-corrected chi connectivity index (χ2v) is 6.05. The first-order valence-corrected chi connectivity index (χ1v) is 9.01. The van der Waals surface area contributed by atoms with Crippen LogP contribution in [0.3, 0.4) is 0 Å². The lowest BCUT2D eigenvalue weighted by Crippen LogP contribution is -2.39. The van der Waals surface area contributed by atoms with E-state index in [4.69, 9.17) is 4.74 Å². The smallest absolute Gasteiger partial charge is 0.191 e. The SMILES string of the molecule is CCNC(=NCCCN1CCOCC1)NCCc1ccncc1C.I. The number of morpholine rings is 1. The summed E-state index contributed by atoms with van der Waals surface area (Å²) in [7, 11) is 0. The fourth-order valence-corrected chi connectivity index (χ4v) is 2.75. The zero-order valence-corrected chi connectivity index (χ0v) is 17.8. The fraction of sp³-hybridized carbons (Fsp3) is 0.667. The van der Waals surface area contributed by atoms with Gasteiger partial charge in [0.1, 0.15) is 0 Å². The van der Waals surface area contributed by atoms with Crippen LogP contribution < -0.4 is 10.6 Å². The number of nitrogens with zero attached hydrogens (tertiary/aromatic N) is 3. The molecule has 0 atom stereocenters. The number of hydrogen-bond donors (Lipinski definition) is 2. The normalized spacial score (nSPS) is 15.5. The van der Waals surface area contributed by atoms with Crippen LogP contribution in [0.25, 0.3) is 0 Å². The van der Waals surface area contributed by atoms with E-state index in [1.165, 1.54) is 11.1 Å². The zero-order chi connectivity index (χ0) is 17.0. The van der Waals surface area contributed by atoms with Crippen LogP contribution >= 0.6 is 24.0 Å². The molecule has 6 nitrogen and oxygen atoms in total. The number of aromatic nitrogens is 1. The van der Waals surface area contributed by atoms with E-state index >= 15 is 0 Å². The van der Waals surface area contributed by atoms with E-state index < -0.39 is 0 Å². The minimum atomic E-state index is 0. The van der Waals surface area contributed by atoms with Crippen molar-refractivity contribution in [2.24, 2.45) is 4.99 Å². The first-order chi connectivity index (χ1) is 11.8. The minimum Gasteiger partial charge on any atom is -0.379 e. The first kappa shape index (κ1) is 22.1. The monoisotopic (exact) mass is 461 g/mol. The van der Waals surface area contributed by atoms with Crippen molar-refractivity contribution in [3.8, 4) is 0 Å². The Labute approximate surface area is 168 Å². The molecular formula is C18H32IN5O. The molecule has 2 rings (SSSR count). The predicted octanol–water partition coefficient (Wildman–Crippen LogP) is 1.83. The molecule has 1 fully saturated rings. The van der Waals surface area contributed by atoms with Crippen molar-refractivity contribution >= 4 is 29.9 Å². The third-order valence-electron chi connectivity index (χ3n) is 4.17. The average Bonchev–Trinajstić information content (AvgIpc) is 2.61. The van der Waals surface area contributed by atoms with Gasteiger partial charge >= 0.3 is 0 Å². The van der Waals surface area contributed by atoms with E-state index in [0.717, 1.165) is 71.3 Å². The maximum absolute atomic E-state index is 5.37. The van der Waals surface area contributed by atoms with Crippen LogP contribution in [0.1, 0.15) is 24.5 Å². The molecule has 1 aliphatic heterocycles. The number of halogens is 1. The molecule has 0 aromatic carbocycles. The number of nitrogens with one attached hydrogen (secondary N) is 2. The molecule has 0 bridgehead atoms. The van der Waals surface area contributed by atoms with E-state index in [-0.39, 0.29) is 24.0 Å². The molecule has 25 heavy (non-hydrogen) atoms. The lowest BCUT2D eigenvalue weighted by atomic mass is 10.1. The van der Waals surface area contributed by atoms with Crippen molar-refractivity contribution in [1.82, 2.24) is 20.5 Å². The molecule has 0 radical (unpaired) electrons. The van der Waals surface area contributed by atoms with Crippen molar-refractivity contribution < 1.29 is 4.74 Å². The van der Waals surface area contributed by atoms with Gasteiger partial charge in [0.2, 0.25) is 0 Å². The number of guanidine groups is 1. The summed E-state index contributed by atoms with van der Waals surface area (Å²) < 4.78 is 5.37. The Balaban J connectivity index is 0.00000312. The Hall–Kier alpha value is -0.930.